The van der Waals surface area contributed by atoms with Gasteiger partial charge in [-0.2, -0.15) is 0 Å². The minimum atomic E-state index is 0. The van der Waals surface area contributed by atoms with E-state index < -0.39 is 0 Å². The minimum Gasteiger partial charge on any atom is -0.492 e. The third-order valence-corrected chi connectivity index (χ3v) is 4.83. The van der Waals surface area contributed by atoms with Gasteiger partial charge in [-0.15, -0.1) is 24.0 Å². The van der Waals surface area contributed by atoms with Crippen LogP contribution in [0.25, 0.3) is 11.3 Å². The second-order valence-corrected chi connectivity index (χ2v) is 7.67. The summed E-state index contributed by atoms with van der Waals surface area (Å²) < 4.78 is 5.83. The van der Waals surface area contributed by atoms with Crippen molar-refractivity contribution >= 4 is 29.9 Å². The maximum atomic E-state index is 5.83. The number of aliphatic imine (C=N–C) groups is 1. The Kier molecular flexibility index (Phi) is 10.5. The zero-order chi connectivity index (χ0) is 22.1. The molecule has 7 nitrogen and oxygen atoms in total. The number of imidazole rings is 1. The predicted molar refractivity (Wildman–Crippen MR) is 142 cm³/mol. The zero-order valence-electron chi connectivity index (χ0n) is 19.2. The highest BCUT2D eigenvalue weighted by molar-refractivity contribution is 14.0. The number of nitrogens with zero attached hydrogens (tertiary/aromatic N) is 4. The lowest BCUT2D eigenvalue weighted by molar-refractivity contribution is 0.261. The van der Waals surface area contributed by atoms with Gasteiger partial charge in [0.2, 0.25) is 0 Å². The fourth-order valence-electron chi connectivity index (χ4n) is 3.16. The van der Waals surface area contributed by atoms with Crippen molar-refractivity contribution in [3.8, 4) is 17.0 Å². The van der Waals surface area contributed by atoms with E-state index in [1.165, 1.54) is 0 Å². The van der Waals surface area contributed by atoms with Crippen molar-refractivity contribution in [3.63, 3.8) is 0 Å². The van der Waals surface area contributed by atoms with Crippen LogP contribution in [0, 0.1) is 0 Å². The van der Waals surface area contributed by atoms with Crippen molar-refractivity contribution in [2.24, 2.45) is 4.99 Å². The molecule has 2 N–H and O–H groups in total. The number of aromatic nitrogens is 2. The van der Waals surface area contributed by atoms with E-state index in [0.717, 1.165) is 40.9 Å². The molecule has 1 aromatic heterocycles. The van der Waals surface area contributed by atoms with Crippen LogP contribution in [0.3, 0.4) is 0 Å². The summed E-state index contributed by atoms with van der Waals surface area (Å²) in [4.78, 5) is 16.5. The lowest BCUT2D eigenvalue weighted by Crippen LogP contribution is -2.38. The Labute approximate surface area is 207 Å². The SMILES string of the molecule is CN=C(NCc1cccc(OCCN(C)C)c1)N(C)Cc1ncc(-c2ccccc2)[nH]1.I. The zero-order valence-corrected chi connectivity index (χ0v) is 21.5. The standard InChI is InChI=1S/C24H32N6O.HI/c1-25-24(27-16-19-9-8-12-21(15-19)31-14-13-29(2)3)30(4)18-23-26-17-22(28-23)20-10-6-5-7-11-20;/h5-12,15,17H,13-14,16,18H2,1-4H3,(H,25,27)(H,26,28);1H. The van der Waals surface area contributed by atoms with E-state index >= 15 is 0 Å². The molecule has 1 heterocycles. The van der Waals surface area contributed by atoms with Crippen molar-refractivity contribution < 1.29 is 4.74 Å². The normalized spacial score (nSPS) is 11.2. The molecule has 172 valence electrons. The van der Waals surface area contributed by atoms with Crippen LogP contribution in [0.4, 0.5) is 0 Å². The van der Waals surface area contributed by atoms with Gasteiger partial charge in [0.25, 0.3) is 0 Å². The molecule has 0 aliphatic carbocycles. The van der Waals surface area contributed by atoms with Crippen molar-refractivity contribution in [2.75, 3.05) is 41.3 Å². The molecule has 32 heavy (non-hydrogen) atoms. The highest BCUT2D eigenvalue weighted by Gasteiger charge is 2.10. The predicted octanol–water partition coefficient (Wildman–Crippen LogP) is 3.84. The van der Waals surface area contributed by atoms with Crippen LogP contribution in [0.15, 0.2) is 65.8 Å². The van der Waals surface area contributed by atoms with Gasteiger partial charge in [0.1, 0.15) is 18.2 Å². The van der Waals surface area contributed by atoms with Crippen LogP contribution in [-0.2, 0) is 13.1 Å². The summed E-state index contributed by atoms with van der Waals surface area (Å²) in [6.07, 6.45) is 1.87. The topological polar surface area (TPSA) is 68.8 Å². The van der Waals surface area contributed by atoms with Crippen LogP contribution < -0.4 is 10.1 Å². The van der Waals surface area contributed by atoms with Crippen LogP contribution in [0.2, 0.25) is 0 Å². The van der Waals surface area contributed by atoms with Gasteiger partial charge in [0.15, 0.2) is 5.96 Å². The van der Waals surface area contributed by atoms with Crippen LogP contribution in [0.5, 0.6) is 5.75 Å². The second-order valence-electron chi connectivity index (χ2n) is 7.67. The first-order valence-electron chi connectivity index (χ1n) is 10.4. The number of ether oxygens (including phenoxy) is 1. The molecule has 0 saturated heterocycles. The average molecular weight is 548 g/mol. The fraction of sp³-hybridized carbons (Fsp3) is 0.333. The van der Waals surface area contributed by atoms with Gasteiger partial charge in [0.05, 0.1) is 18.4 Å². The Balaban J connectivity index is 0.00000363. The second kappa shape index (κ2) is 13.1. The van der Waals surface area contributed by atoms with Gasteiger partial charge in [-0.3, -0.25) is 4.99 Å². The average Bonchev–Trinajstić information content (AvgIpc) is 3.23. The highest BCUT2D eigenvalue weighted by Crippen LogP contribution is 2.17. The number of benzene rings is 2. The number of halogens is 1. The van der Waals surface area contributed by atoms with E-state index in [1.54, 1.807) is 7.05 Å². The number of hydrogen-bond donors (Lipinski definition) is 2. The first kappa shape index (κ1) is 25.7. The van der Waals surface area contributed by atoms with E-state index in [1.807, 2.05) is 62.6 Å². The molecule has 0 amide bonds. The molecular formula is C24H33IN6O. The molecule has 0 aliphatic rings. The molecule has 0 radical (unpaired) electrons. The van der Waals surface area contributed by atoms with E-state index in [2.05, 4.69) is 49.4 Å². The monoisotopic (exact) mass is 548 g/mol. The summed E-state index contributed by atoms with van der Waals surface area (Å²) in [5.74, 6) is 2.57. The summed E-state index contributed by atoms with van der Waals surface area (Å²) >= 11 is 0. The van der Waals surface area contributed by atoms with Crippen molar-refractivity contribution in [1.29, 1.82) is 0 Å². The van der Waals surface area contributed by atoms with Gasteiger partial charge in [-0.1, -0.05) is 42.5 Å². The molecule has 0 bridgehead atoms. The molecule has 8 heteroatoms. The molecule has 2 aromatic carbocycles. The summed E-state index contributed by atoms with van der Waals surface area (Å²) in [5.41, 5.74) is 3.28. The molecule has 0 spiro atoms. The molecule has 3 aromatic rings. The van der Waals surface area contributed by atoms with Crippen LogP contribution >= 0.6 is 24.0 Å². The summed E-state index contributed by atoms with van der Waals surface area (Å²) in [7, 11) is 7.87. The molecule has 0 aliphatic heterocycles. The minimum absolute atomic E-state index is 0. The molecule has 3 rings (SSSR count). The molecule has 0 atom stereocenters. The van der Waals surface area contributed by atoms with Crippen molar-refractivity contribution in [1.82, 2.24) is 25.1 Å². The Morgan fingerprint density at radius 3 is 2.59 bits per heavy atom. The van der Waals surface area contributed by atoms with E-state index in [4.69, 9.17) is 4.74 Å². The Hall–Kier alpha value is -2.59. The number of aromatic amines is 1. The third kappa shape index (κ3) is 7.83. The highest BCUT2D eigenvalue weighted by atomic mass is 127. The van der Waals surface area contributed by atoms with Gasteiger partial charge < -0.3 is 24.8 Å². The molecular weight excluding hydrogens is 515 g/mol. The number of likely N-dealkylation sites (N-methyl/N-ethyl adjacent to an activating group) is 1. The summed E-state index contributed by atoms with van der Waals surface area (Å²) in [6.45, 7) is 2.84. The Bertz CT molecular complexity index is 973. The first-order valence-corrected chi connectivity index (χ1v) is 10.4. The molecule has 0 fully saturated rings. The van der Waals surface area contributed by atoms with Crippen molar-refractivity contribution in [3.05, 3.63) is 72.2 Å². The maximum Gasteiger partial charge on any atom is 0.194 e. The van der Waals surface area contributed by atoms with Gasteiger partial charge >= 0.3 is 0 Å². The van der Waals surface area contributed by atoms with Crippen LogP contribution in [-0.4, -0.2) is 67.1 Å². The number of hydrogen-bond acceptors (Lipinski definition) is 4. The lowest BCUT2D eigenvalue weighted by Gasteiger charge is -2.21. The largest absolute Gasteiger partial charge is 0.492 e. The van der Waals surface area contributed by atoms with Gasteiger partial charge in [0, 0.05) is 27.2 Å². The summed E-state index contributed by atoms with van der Waals surface area (Å²) in [5, 5.41) is 3.42. The quantitative estimate of drug-likeness (QED) is 0.242. The van der Waals surface area contributed by atoms with E-state index in [0.29, 0.717) is 19.7 Å². The number of H-pyrrole nitrogens is 1. The van der Waals surface area contributed by atoms with Crippen molar-refractivity contribution in [2.45, 2.75) is 13.1 Å². The number of nitrogens with one attached hydrogen (secondary N) is 2. The Morgan fingerprint density at radius 2 is 1.88 bits per heavy atom. The van der Waals surface area contributed by atoms with E-state index in [9.17, 15) is 0 Å². The number of rotatable bonds is 9. The van der Waals surface area contributed by atoms with Gasteiger partial charge in [-0.05, 0) is 37.4 Å². The fourth-order valence-corrected chi connectivity index (χ4v) is 3.16. The number of guanidine groups is 1. The lowest BCUT2D eigenvalue weighted by atomic mass is 10.2. The van der Waals surface area contributed by atoms with Crippen LogP contribution in [0.1, 0.15) is 11.4 Å². The third-order valence-electron chi connectivity index (χ3n) is 4.83. The smallest absolute Gasteiger partial charge is 0.194 e. The molecule has 0 unspecified atom stereocenters. The van der Waals surface area contributed by atoms with E-state index in [-0.39, 0.29) is 24.0 Å². The molecule has 0 saturated carbocycles. The Morgan fingerprint density at radius 1 is 1.09 bits per heavy atom. The van der Waals surface area contributed by atoms with Gasteiger partial charge in [-0.25, -0.2) is 4.98 Å². The first-order chi connectivity index (χ1) is 15.0. The maximum absolute atomic E-state index is 5.83. The summed E-state index contributed by atoms with van der Waals surface area (Å²) in [6, 6.07) is 18.3.